The van der Waals surface area contributed by atoms with Crippen molar-refractivity contribution in [1.82, 2.24) is 4.98 Å². The van der Waals surface area contributed by atoms with Crippen molar-refractivity contribution < 1.29 is 0 Å². The highest BCUT2D eigenvalue weighted by Gasteiger charge is 2.02. The van der Waals surface area contributed by atoms with Crippen LogP contribution in [0.2, 0.25) is 0 Å². The van der Waals surface area contributed by atoms with Crippen molar-refractivity contribution in [3.63, 3.8) is 0 Å². The zero-order chi connectivity index (χ0) is 9.90. The molecule has 0 aliphatic heterocycles. The van der Waals surface area contributed by atoms with E-state index in [1.54, 1.807) is 0 Å². The summed E-state index contributed by atoms with van der Waals surface area (Å²) in [7, 11) is 0. The number of hydrogen-bond acceptors (Lipinski definition) is 1. The second-order valence-electron chi connectivity index (χ2n) is 4.43. The maximum Gasteiger partial charge on any atom is 0.0373 e. The van der Waals surface area contributed by atoms with Crippen molar-refractivity contribution in [2.45, 2.75) is 27.7 Å². The Morgan fingerprint density at radius 1 is 1.23 bits per heavy atom. The van der Waals surface area contributed by atoms with Gasteiger partial charge in [0.15, 0.2) is 0 Å². The van der Waals surface area contributed by atoms with E-state index in [1.807, 2.05) is 19.2 Å². The van der Waals surface area contributed by atoms with Gasteiger partial charge < -0.3 is 0 Å². The Labute approximate surface area is 80.5 Å². The number of aryl methyl sites for hydroxylation is 1. The van der Waals surface area contributed by atoms with Gasteiger partial charge in [-0.15, -0.1) is 0 Å². The molecular weight excluding hydrogens is 158 g/mol. The van der Waals surface area contributed by atoms with Crippen LogP contribution < -0.4 is 0 Å². The second kappa shape index (κ2) is 3.73. The van der Waals surface area contributed by atoms with Gasteiger partial charge in [0, 0.05) is 11.9 Å². The maximum atomic E-state index is 4.23. The quantitative estimate of drug-likeness (QED) is 0.637. The van der Waals surface area contributed by atoms with Crippen LogP contribution in [0.1, 0.15) is 32.0 Å². The van der Waals surface area contributed by atoms with Gasteiger partial charge in [0.1, 0.15) is 0 Å². The van der Waals surface area contributed by atoms with Gasteiger partial charge in [0.25, 0.3) is 0 Å². The van der Waals surface area contributed by atoms with Crippen molar-refractivity contribution in [2.24, 2.45) is 5.41 Å². The van der Waals surface area contributed by atoms with Crippen molar-refractivity contribution in [3.05, 3.63) is 35.7 Å². The summed E-state index contributed by atoms with van der Waals surface area (Å²) < 4.78 is 0. The molecule has 0 saturated heterocycles. The smallest absolute Gasteiger partial charge is 0.0373 e. The highest BCUT2D eigenvalue weighted by atomic mass is 14.6. The lowest BCUT2D eigenvalue weighted by Gasteiger charge is -2.10. The molecule has 0 bridgehead atoms. The van der Waals surface area contributed by atoms with E-state index >= 15 is 0 Å². The van der Waals surface area contributed by atoms with E-state index < -0.39 is 0 Å². The van der Waals surface area contributed by atoms with Crippen molar-refractivity contribution >= 4 is 6.08 Å². The van der Waals surface area contributed by atoms with E-state index in [-0.39, 0.29) is 5.41 Å². The first-order valence-electron chi connectivity index (χ1n) is 4.59. The van der Waals surface area contributed by atoms with Gasteiger partial charge in [-0.05, 0) is 24.0 Å². The van der Waals surface area contributed by atoms with E-state index in [1.165, 1.54) is 5.56 Å². The fraction of sp³-hybridized carbons (Fsp3) is 0.417. The van der Waals surface area contributed by atoms with Gasteiger partial charge in [-0.2, -0.15) is 0 Å². The van der Waals surface area contributed by atoms with E-state index in [4.69, 9.17) is 0 Å². The summed E-state index contributed by atoms with van der Waals surface area (Å²) in [5, 5.41) is 0. The third-order valence-corrected chi connectivity index (χ3v) is 1.71. The summed E-state index contributed by atoms with van der Waals surface area (Å²) in [5.41, 5.74) is 2.47. The molecule has 13 heavy (non-hydrogen) atoms. The minimum Gasteiger partial charge on any atom is -0.261 e. The summed E-state index contributed by atoms with van der Waals surface area (Å²) in [6.07, 6.45) is 6.21. The molecule has 1 aromatic rings. The van der Waals surface area contributed by atoms with E-state index in [9.17, 15) is 0 Å². The number of nitrogens with zero attached hydrogens (tertiary/aromatic N) is 1. The monoisotopic (exact) mass is 175 g/mol. The largest absolute Gasteiger partial charge is 0.261 e. The zero-order valence-electron chi connectivity index (χ0n) is 8.83. The van der Waals surface area contributed by atoms with Crippen LogP contribution in [0.25, 0.3) is 6.08 Å². The van der Waals surface area contributed by atoms with Gasteiger partial charge in [-0.1, -0.05) is 39.0 Å². The van der Waals surface area contributed by atoms with Crippen LogP contribution in [0.15, 0.2) is 24.4 Å². The Kier molecular flexibility index (Phi) is 2.86. The number of allylic oxidation sites excluding steroid dienone is 1. The topological polar surface area (TPSA) is 12.9 Å². The van der Waals surface area contributed by atoms with Gasteiger partial charge in [-0.3, -0.25) is 4.98 Å². The third-order valence-electron chi connectivity index (χ3n) is 1.71. The molecular formula is C12H17N. The summed E-state index contributed by atoms with van der Waals surface area (Å²) in [6, 6.07) is 4.12. The molecule has 0 aliphatic rings. The SMILES string of the molecule is Cc1ccc(/C=C/C(C)(C)C)cn1. The van der Waals surface area contributed by atoms with E-state index in [0.29, 0.717) is 0 Å². The Morgan fingerprint density at radius 2 is 1.92 bits per heavy atom. The predicted molar refractivity (Wildman–Crippen MR) is 57.5 cm³/mol. The molecule has 0 atom stereocenters. The van der Waals surface area contributed by atoms with Crippen LogP contribution in [-0.4, -0.2) is 4.98 Å². The van der Waals surface area contributed by atoms with Crippen LogP contribution in [0.3, 0.4) is 0 Å². The first-order chi connectivity index (χ1) is 5.97. The molecule has 0 amide bonds. The fourth-order valence-electron chi connectivity index (χ4n) is 0.924. The normalized spacial score (nSPS) is 12.3. The van der Waals surface area contributed by atoms with Gasteiger partial charge in [0.2, 0.25) is 0 Å². The van der Waals surface area contributed by atoms with Crippen LogP contribution in [0.5, 0.6) is 0 Å². The average molecular weight is 175 g/mol. The summed E-state index contributed by atoms with van der Waals surface area (Å²) in [6.45, 7) is 8.55. The minimum absolute atomic E-state index is 0.241. The van der Waals surface area contributed by atoms with Crippen LogP contribution in [0, 0.1) is 12.3 Å². The van der Waals surface area contributed by atoms with Crippen molar-refractivity contribution in [1.29, 1.82) is 0 Å². The molecule has 1 heterocycles. The second-order valence-corrected chi connectivity index (χ2v) is 4.43. The number of aromatic nitrogens is 1. The molecule has 0 unspecified atom stereocenters. The van der Waals surface area contributed by atoms with Crippen LogP contribution >= 0.6 is 0 Å². The number of rotatable bonds is 1. The summed E-state index contributed by atoms with van der Waals surface area (Å²) >= 11 is 0. The predicted octanol–water partition coefficient (Wildman–Crippen LogP) is 3.45. The van der Waals surface area contributed by atoms with E-state index in [2.05, 4.69) is 44.0 Å². The standard InChI is InChI=1S/C12H17N/c1-10-5-6-11(9-13-10)7-8-12(2,3)4/h5-9H,1-4H3/b8-7+. The van der Waals surface area contributed by atoms with Crippen LogP contribution in [0.4, 0.5) is 0 Å². The molecule has 70 valence electrons. The zero-order valence-corrected chi connectivity index (χ0v) is 8.83. The molecule has 0 radical (unpaired) electrons. The van der Waals surface area contributed by atoms with Gasteiger partial charge in [0.05, 0.1) is 0 Å². The summed E-state index contributed by atoms with van der Waals surface area (Å²) in [5.74, 6) is 0. The Hall–Kier alpha value is -1.11. The Balaban J connectivity index is 2.75. The van der Waals surface area contributed by atoms with Crippen LogP contribution in [-0.2, 0) is 0 Å². The maximum absolute atomic E-state index is 4.23. The average Bonchev–Trinajstić information content (AvgIpc) is 2.02. The molecule has 0 aliphatic carbocycles. The molecule has 0 N–H and O–H groups in total. The van der Waals surface area contributed by atoms with Gasteiger partial charge >= 0.3 is 0 Å². The lowest BCUT2D eigenvalue weighted by molar-refractivity contribution is 0.547. The lowest BCUT2D eigenvalue weighted by atomic mass is 9.95. The number of hydrogen-bond donors (Lipinski definition) is 0. The highest BCUT2D eigenvalue weighted by molar-refractivity contribution is 5.48. The first-order valence-corrected chi connectivity index (χ1v) is 4.59. The van der Waals surface area contributed by atoms with Crippen molar-refractivity contribution in [3.8, 4) is 0 Å². The molecule has 1 heteroatoms. The molecule has 0 aromatic carbocycles. The summed E-state index contributed by atoms with van der Waals surface area (Å²) in [4.78, 5) is 4.23. The first kappa shape index (κ1) is 9.97. The third kappa shape index (κ3) is 3.88. The molecule has 0 spiro atoms. The lowest BCUT2D eigenvalue weighted by Crippen LogP contribution is -1.98. The number of pyridine rings is 1. The Bertz CT molecular complexity index is 288. The molecule has 1 aromatic heterocycles. The highest BCUT2D eigenvalue weighted by Crippen LogP contribution is 2.16. The molecule has 1 rings (SSSR count). The molecule has 1 nitrogen and oxygen atoms in total. The minimum atomic E-state index is 0.241. The Morgan fingerprint density at radius 3 is 2.38 bits per heavy atom. The fourth-order valence-corrected chi connectivity index (χ4v) is 0.924. The van der Waals surface area contributed by atoms with Crippen molar-refractivity contribution in [2.75, 3.05) is 0 Å². The van der Waals surface area contributed by atoms with Gasteiger partial charge in [-0.25, -0.2) is 0 Å². The molecule has 0 fully saturated rings. The van der Waals surface area contributed by atoms with E-state index in [0.717, 1.165) is 5.69 Å². The molecule has 0 saturated carbocycles.